The third kappa shape index (κ3) is 1.54. The Morgan fingerprint density at radius 2 is 2.06 bits per heavy atom. The van der Waals surface area contributed by atoms with Crippen LogP contribution in [0.2, 0.25) is 0 Å². The van der Waals surface area contributed by atoms with Gasteiger partial charge in [-0.2, -0.15) is 4.52 Å². The predicted molar refractivity (Wildman–Crippen MR) is 59.5 cm³/mol. The fourth-order valence-electron chi connectivity index (χ4n) is 1.58. The summed E-state index contributed by atoms with van der Waals surface area (Å²) in [7, 11) is 0. The van der Waals surface area contributed by atoms with Crippen molar-refractivity contribution in [3.63, 3.8) is 0 Å². The molecular formula is C9H9N7O. The van der Waals surface area contributed by atoms with Crippen molar-refractivity contribution in [2.24, 2.45) is 0 Å². The van der Waals surface area contributed by atoms with Gasteiger partial charge in [0, 0.05) is 18.9 Å². The van der Waals surface area contributed by atoms with Crippen LogP contribution in [0.3, 0.4) is 0 Å². The van der Waals surface area contributed by atoms with Crippen LogP contribution in [0, 0.1) is 0 Å². The van der Waals surface area contributed by atoms with Gasteiger partial charge < -0.3 is 10.4 Å². The fourth-order valence-corrected chi connectivity index (χ4v) is 1.58. The maximum Gasteiger partial charge on any atom is 0.205 e. The highest BCUT2D eigenvalue weighted by Gasteiger charge is 2.11. The van der Waals surface area contributed by atoms with Gasteiger partial charge in [0.05, 0.1) is 6.61 Å². The lowest BCUT2D eigenvalue weighted by Gasteiger charge is -2.06. The summed E-state index contributed by atoms with van der Waals surface area (Å²) >= 11 is 0. The van der Waals surface area contributed by atoms with Crippen LogP contribution in [-0.2, 0) is 0 Å². The minimum absolute atomic E-state index is 0.0175. The summed E-state index contributed by atoms with van der Waals surface area (Å²) in [6.07, 6.45) is 4.67. The third-order valence-corrected chi connectivity index (χ3v) is 2.28. The van der Waals surface area contributed by atoms with Gasteiger partial charge in [0.1, 0.15) is 17.4 Å². The molecule has 17 heavy (non-hydrogen) atoms. The summed E-state index contributed by atoms with van der Waals surface area (Å²) in [6.45, 7) is 0.413. The van der Waals surface area contributed by atoms with Gasteiger partial charge in [0.25, 0.3) is 0 Å². The first-order valence-corrected chi connectivity index (χ1v) is 5.05. The van der Waals surface area contributed by atoms with E-state index in [-0.39, 0.29) is 6.61 Å². The van der Waals surface area contributed by atoms with Crippen LogP contribution < -0.4 is 5.32 Å². The fraction of sp³-hybridized carbons (Fsp3) is 0.222. The lowest BCUT2D eigenvalue weighted by molar-refractivity contribution is 0.311. The van der Waals surface area contributed by atoms with Gasteiger partial charge in [-0.3, -0.25) is 0 Å². The first-order valence-electron chi connectivity index (χ1n) is 5.05. The van der Waals surface area contributed by atoms with Crippen LogP contribution >= 0.6 is 0 Å². The van der Waals surface area contributed by atoms with Crippen LogP contribution in [0.15, 0.2) is 18.7 Å². The van der Waals surface area contributed by atoms with E-state index in [1.165, 1.54) is 10.8 Å². The summed E-state index contributed by atoms with van der Waals surface area (Å²) in [5.74, 6) is 0.550. The minimum Gasteiger partial charge on any atom is -0.395 e. The molecule has 2 N–H and O–H groups in total. The number of aromatic nitrogens is 6. The average Bonchev–Trinajstić information content (AvgIpc) is 2.84. The number of aliphatic hydroxyl groups excluding tert-OH is 1. The van der Waals surface area contributed by atoms with E-state index >= 15 is 0 Å². The molecule has 0 unspecified atom stereocenters. The van der Waals surface area contributed by atoms with Crippen LogP contribution in [0.1, 0.15) is 0 Å². The highest BCUT2D eigenvalue weighted by Crippen LogP contribution is 2.19. The van der Waals surface area contributed by atoms with Gasteiger partial charge >= 0.3 is 0 Å². The highest BCUT2D eigenvalue weighted by atomic mass is 16.3. The second-order valence-electron chi connectivity index (χ2n) is 3.35. The number of anilines is 1. The van der Waals surface area contributed by atoms with Crippen LogP contribution in [0.5, 0.6) is 0 Å². The van der Waals surface area contributed by atoms with Gasteiger partial charge in [0.2, 0.25) is 5.65 Å². The van der Waals surface area contributed by atoms with Gasteiger partial charge in [0.15, 0.2) is 5.82 Å². The zero-order valence-corrected chi connectivity index (χ0v) is 8.78. The summed E-state index contributed by atoms with van der Waals surface area (Å²) in [5, 5.41) is 23.8. The Labute approximate surface area is 95.3 Å². The second kappa shape index (κ2) is 3.91. The maximum atomic E-state index is 8.82. The molecule has 3 heterocycles. The summed E-state index contributed by atoms with van der Waals surface area (Å²) < 4.78 is 1.52. The van der Waals surface area contributed by atoms with E-state index in [1.54, 1.807) is 12.4 Å². The molecule has 0 aromatic carbocycles. The zero-order valence-electron chi connectivity index (χ0n) is 8.78. The Morgan fingerprint density at radius 3 is 2.88 bits per heavy atom. The molecule has 86 valence electrons. The standard InChI is InChI=1S/C9H9N7O/c17-4-3-12-8-6-7(11-2-1-10-6)9-14-13-5-16(9)15-8/h1-2,5,17H,3-4H2,(H,12,15). The summed E-state index contributed by atoms with van der Waals surface area (Å²) in [4.78, 5) is 8.44. The summed E-state index contributed by atoms with van der Waals surface area (Å²) in [6, 6.07) is 0. The Hall–Kier alpha value is -2.35. The molecule has 0 saturated heterocycles. The molecule has 0 amide bonds. The monoisotopic (exact) mass is 231 g/mol. The topological polar surface area (TPSA) is 101 Å². The van der Waals surface area contributed by atoms with Crippen LogP contribution in [-0.4, -0.2) is 48.0 Å². The molecular weight excluding hydrogens is 222 g/mol. The van der Waals surface area contributed by atoms with Gasteiger partial charge in [-0.1, -0.05) is 0 Å². The molecule has 0 spiro atoms. The van der Waals surface area contributed by atoms with Crippen molar-refractivity contribution in [3.8, 4) is 0 Å². The van der Waals surface area contributed by atoms with E-state index in [2.05, 4.69) is 30.6 Å². The highest BCUT2D eigenvalue weighted by molar-refractivity contribution is 5.93. The molecule has 0 saturated carbocycles. The number of nitrogens with one attached hydrogen (secondary N) is 1. The molecule has 3 aromatic rings. The van der Waals surface area contributed by atoms with Crippen molar-refractivity contribution in [3.05, 3.63) is 18.7 Å². The molecule has 8 nitrogen and oxygen atoms in total. The lowest BCUT2D eigenvalue weighted by Crippen LogP contribution is -2.10. The average molecular weight is 231 g/mol. The Kier molecular flexibility index (Phi) is 2.26. The molecule has 0 aliphatic heterocycles. The van der Waals surface area contributed by atoms with Gasteiger partial charge in [-0.05, 0) is 0 Å². The van der Waals surface area contributed by atoms with E-state index in [0.717, 1.165) is 0 Å². The summed E-state index contributed by atoms with van der Waals surface area (Å²) in [5.41, 5.74) is 1.80. The van der Waals surface area contributed by atoms with E-state index in [4.69, 9.17) is 5.11 Å². The molecule has 0 fully saturated rings. The first-order chi connectivity index (χ1) is 8.40. The Bertz CT molecular complexity index is 665. The molecule has 0 aliphatic rings. The first kappa shape index (κ1) is 9.85. The largest absolute Gasteiger partial charge is 0.395 e. The van der Waals surface area contributed by atoms with Crippen molar-refractivity contribution < 1.29 is 5.11 Å². The van der Waals surface area contributed by atoms with E-state index < -0.39 is 0 Å². The van der Waals surface area contributed by atoms with Crippen molar-refractivity contribution in [2.75, 3.05) is 18.5 Å². The van der Waals surface area contributed by atoms with E-state index in [0.29, 0.717) is 29.0 Å². The molecule has 3 aromatic heterocycles. The van der Waals surface area contributed by atoms with Crippen LogP contribution in [0.25, 0.3) is 16.7 Å². The quantitative estimate of drug-likeness (QED) is 0.624. The molecule has 8 heteroatoms. The van der Waals surface area contributed by atoms with Gasteiger partial charge in [-0.15, -0.1) is 15.3 Å². The Balaban J connectivity index is 2.29. The van der Waals surface area contributed by atoms with E-state index in [1.807, 2.05) is 0 Å². The van der Waals surface area contributed by atoms with E-state index in [9.17, 15) is 0 Å². The molecule has 0 aliphatic carbocycles. The molecule has 0 atom stereocenters. The van der Waals surface area contributed by atoms with Crippen molar-refractivity contribution in [2.45, 2.75) is 0 Å². The molecule has 3 rings (SSSR count). The zero-order chi connectivity index (χ0) is 11.7. The Morgan fingerprint density at radius 1 is 1.24 bits per heavy atom. The predicted octanol–water partition coefficient (Wildman–Crippen LogP) is -0.528. The third-order valence-electron chi connectivity index (χ3n) is 2.28. The second-order valence-corrected chi connectivity index (χ2v) is 3.35. The number of hydrogen-bond acceptors (Lipinski definition) is 7. The number of hydrogen-bond donors (Lipinski definition) is 2. The van der Waals surface area contributed by atoms with Crippen molar-refractivity contribution in [1.29, 1.82) is 0 Å². The van der Waals surface area contributed by atoms with Crippen molar-refractivity contribution >= 4 is 22.5 Å². The maximum absolute atomic E-state index is 8.82. The van der Waals surface area contributed by atoms with Crippen LogP contribution in [0.4, 0.5) is 5.82 Å². The number of nitrogens with zero attached hydrogens (tertiary/aromatic N) is 6. The number of rotatable bonds is 3. The van der Waals surface area contributed by atoms with Gasteiger partial charge in [-0.25, -0.2) is 9.97 Å². The van der Waals surface area contributed by atoms with Crippen molar-refractivity contribution in [1.82, 2.24) is 29.8 Å². The molecule has 0 radical (unpaired) electrons. The molecule has 0 bridgehead atoms. The minimum atomic E-state index is 0.0175. The SMILES string of the molecule is OCCNc1nn2cnnc2c2nccnc12. The smallest absolute Gasteiger partial charge is 0.205 e. The number of fused-ring (bicyclic) bond motifs is 3. The normalized spacial score (nSPS) is 11.1. The number of aliphatic hydroxyl groups is 1. The lowest BCUT2D eigenvalue weighted by atomic mass is 10.4.